The second kappa shape index (κ2) is 9.82. The first-order chi connectivity index (χ1) is 9.30. The van der Waals surface area contributed by atoms with Crippen molar-refractivity contribution in [1.29, 1.82) is 0 Å². The van der Waals surface area contributed by atoms with Crippen LogP contribution in [-0.2, 0) is 11.2 Å². The van der Waals surface area contributed by atoms with Crippen molar-refractivity contribution in [1.82, 2.24) is 5.32 Å². The summed E-state index contributed by atoms with van der Waals surface area (Å²) in [6.07, 6.45) is 3.28. The first-order valence-electron chi connectivity index (χ1n) is 7.24. The third-order valence-electron chi connectivity index (χ3n) is 3.10. The third kappa shape index (κ3) is 6.60. The molecular weight excluding hydrogens is 238 g/mol. The Kier molecular flexibility index (Phi) is 8.26. The van der Waals surface area contributed by atoms with Crippen molar-refractivity contribution in [2.75, 3.05) is 26.9 Å². The maximum absolute atomic E-state index is 5.84. The van der Waals surface area contributed by atoms with Gasteiger partial charge in [0.1, 0.15) is 12.4 Å². The average Bonchev–Trinajstić information content (AvgIpc) is 2.44. The molecule has 0 aliphatic carbocycles. The van der Waals surface area contributed by atoms with E-state index in [1.54, 1.807) is 7.11 Å². The standard InChI is InChI=1S/C16H27NO2/c1-4-6-15(17-5-2)13-19-16-9-7-14(8-10-16)11-12-18-3/h7-10,15,17H,4-6,11-13H2,1-3H3. The van der Waals surface area contributed by atoms with E-state index in [0.717, 1.165) is 38.3 Å². The largest absolute Gasteiger partial charge is 0.492 e. The summed E-state index contributed by atoms with van der Waals surface area (Å²) in [7, 11) is 1.73. The molecule has 0 amide bonds. The van der Waals surface area contributed by atoms with Gasteiger partial charge in [0.15, 0.2) is 0 Å². The zero-order valence-electron chi connectivity index (χ0n) is 12.4. The maximum Gasteiger partial charge on any atom is 0.119 e. The highest BCUT2D eigenvalue weighted by Crippen LogP contribution is 2.13. The molecule has 0 fully saturated rings. The molecule has 1 N–H and O–H groups in total. The molecule has 0 heterocycles. The van der Waals surface area contributed by atoms with Crippen molar-refractivity contribution in [3.8, 4) is 5.75 Å². The first-order valence-corrected chi connectivity index (χ1v) is 7.24. The molecule has 3 nitrogen and oxygen atoms in total. The molecule has 0 aliphatic rings. The van der Waals surface area contributed by atoms with Gasteiger partial charge in [0, 0.05) is 13.2 Å². The molecular formula is C16H27NO2. The Bertz CT molecular complexity index is 318. The molecule has 0 radical (unpaired) electrons. The molecule has 1 unspecified atom stereocenters. The Labute approximate surface area is 117 Å². The van der Waals surface area contributed by atoms with Crippen LogP contribution in [0.2, 0.25) is 0 Å². The molecule has 0 bridgehead atoms. The molecule has 1 aromatic rings. The molecule has 0 aromatic heterocycles. The molecule has 1 rings (SSSR count). The van der Waals surface area contributed by atoms with Gasteiger partial charge >= 0.3 is 0 Å². The van der Waals surface area contributed by atoms with Crippen LogP contribution < -0.4 is 10.1 Å². The van der Waals surface area contributed by atoms with Gasteiger partial charge in [-0.1, -0.05) is 32.4 Å². The van der Waals surface area contributed by atoms with Crippen LogP contribution in [-0.4, -0.2) is 32.9 Å². The normalized spacial score (nSPS) is 12.4. The van der Waals surface area contributed by atoms with Crippen LogP contribution in [0, 0.1) is 0 Å². The number of hydrogen-bond donors (Lipinski definition) is 1. The minimum absolute atomic E-state index is 0.447. The van der Waals surface area contributed by atoms with E-state index >= 15 is 0 Å². The highest BCUT2D eigenvalue weighted by molar-refractivity contribution is 5.27. The fourth-order valence-electron chi connectivity index (χ4n) is 2.05. The summed E-state index contributed by atoms with van der Waals surface area (Å²) in [5, 5.41) is 3.45. The fraction of sp³-hybridized carbons (Fsp3) is 0.625. The lowest BCUT2D eigenvalue weighted by Crippen LogP contribution is -2.34. The third-order valence-corrected chi connectivity index (χ3v) is 3.10. The average molecular weight is 265 g/mol. The van der Waals surface area contributed by atoms with Gasteiger partial charge in [0.25, 0.3) is 0 Å². The van der Waals surface area contributed by atoms with Crippen LogP contribution in [0.25, 0.3) is 0 Å². The van der Waals surface area contributed by atoms with Crippen LogP contribution in [0.15, 0.2) is 24.3 Å². The zero-order chi connectivity index (χ0) is 13.9. The van der Waals surface area contributed by atoms with E-state index in [1.807, 2.05) is 12.1 Å². The Balaban J connectivity index is 2.39. The molecule has 19 heavy (non-hydrogen) atoms. The lowest BCUT2D eigenvalue weighted by Gasteiger charge is -2.17. The number of likely N-dealkylation sites (N-methyl/N-ethyl adjacent to an activating group) is 1. The second-order valence-electron chi connectivity index (χ2n) is 4.74. The monoisotopic (exact) mass is 265 g/mol. The summed E-state index contributed by atoms with van der Waals surface area (Å²) in [6, 6.07) is 8.75. The Hall–Kier alpha value is -1.06. The van der Waals surface area contributed by atoms with Gasteiger partial charge in [-0.15, -0.1) is 0 Å². The number of nitrogens with one attached hydrogen (secondary N) is 1. The zero-order valence-corrected chi connectivity index (χ0v) is 12.4. The van der Waals surface area contributed by atoms with E-state index in [2.05, 4.69) is 31.3 Å². The van der Waals surface area contributed by atoms with Crippen molar-refractivity contribution in [3.05, 3.63) is 29.8 Å². The van der Waals surface area contributed by atoms with Crippen molar-refractivity contribution >= 4 is 0 Å². The Morgan fingerprint density at radius 3 is 2.47 bits per heavy atom. The highest BCUT2D eigenvalue weighted by Gasteiger charge is 2.06. The molecule has 1 aromatic carbocycles. The smallest absolute Gasteiger partial charge is 0.119 e. The minimum Gasteiger partial charge on any atom is -0.492 e. The maximum atomic E-state index is 5.84. The Morgan fingerprint density at radius 2 is 1.89 bits per heavy atom. The Morgan fingerprint density at radius 1 is 1.16 bits per heavy atom. The number of hydrogen-bond acceptors (Lipinski definition) is 3. The molecule has 0 saturated heterocycles. The lowest BCUT2D eigenvalue weighted by molar-refractivity contribution is 0.202. The molecule has 3 heteroatoms. The van der Waals surface area contributed by atoms with Crippen LogP contribution in [0.3, 0.4) is 0 Å². The first kappa shape index (κ1) is 16.0. The molecule has 0 aliphatic heterocycles. The van der Waals surface area contributed by atoms with Gasteiger partial charge in [-0.25, -0.2) is 0 Å². The summed E-state index contributed by atoms with van der Waals surface area (Å²) < 4.78 is 10.9. The van der Waals surface area contributed by atoms with Crippen molar-refractivity contribution in [2.24, 2.45) is 0 Å². The quantitative estimate of drug-likeness (QED) is 0.705. The summed E-state index contributed by atoms with van der Waals surface area (Å²) in [4.78, 5) is 0. The van der Waals surface area contributed by atoms with Crippen LogP contribution in [0.1, 0.15) is 32.3 Å². The molecule has 108 valence electrons. The summed E-state index contributed by atoms with van der Waals surface area (Å²) in [6.45, 7) is 6.82. The van der Waals surface area contributed by atoms with Crippen LogP contribution >= 0.6 is 0 Å². The van der Waals surface area contributed by atoms with Gasteiger partial charge < -0.3 is 14.8 Å². The SMILES string of the molecule is CCCC(COc1ccc(CCOC)cc1)NCC. The number of ether oxygens (including phenoxy) is 2. The summed E-state index contributed by atoms with van der Waals surface area (Å²) in [5.74, 6) is 0.945. The van der Waals surface area contributed by atoms with Crippen molar-refractivity contribution in [3.63, 3.8) is 0 Å². The van der Waals surface area contributed by atoms with Gasteiger partial charge in [-0.2, -0.15) is 0 Å². The van der Waals surface area contributed by atoms with Gasteiger partial charge in [-0.05, 0) is 37.1 Å². The lowest BCUT2D eigenvalue weighted by atomic mass is 10.1. The van der Waals surface area contributed by atoms with E-state index in [1.165, 1.54) is 12.0 Å². The van der Waals surface area contributed by atoms with E-state index in [4.69, 9.17) is 9.47 Å². The van der Waals surface area contributed by atoms with Gasteiger partial charge in [0.05, 0.1) is 6.61 Å². The van der Waals surface area contributed by atoms with E-state index in [-0.39, 0.29) is 0 Å². The molecule has 1 atom stereocenters. The highest BCUT2D eigenvalue weighted by atomic mass is 16.5. The molecule has 0 spiro atoms. The van der Waals surface area contributed by atoms with Crippen LogP contribution in [0.4, 0.5) is 0 Å². The number of methoxy groups -OCH3 is 1. The fourth-order valence-corrected chi connectivity index (χ4v) is 2.05. The number of rotatable bonds is 10. The topological polar surface area (TPSA) is 30.5 Å². The second-order valence-corrected chi connectivity index (χ2v) is 4.74. The number of benzene rings is 1. The van der Waals surface area contributed by atoms with E-state index < -0.39 is 0 Å². The van der Waals surface area contributed by atoms with Gasteiger partial charge in [-0.3, -0.25) is 0 Å². The molecule has 0 saturated carbocycles. The predicted molar refractivity (Wildman–Crippen MR) is 79.9 cm³/mol. The summed E-state index contributed by atoms with van der Waals surface area (Å²) in [5.41, 5.74) is 1.28. The van der Waals surface area contributed by atoms with Crippen molar-refractivity contribution < 1.29 is 9.47 Å². The van der Waals surface area contributed by atoms with E-state index in [9.17, 15) is 0 Å². The van der Waals surface area contributed by atoms with Crippen LogP contribution in [0.5, 0.6) is 5.75 Å². The van der Waals surface area contributed by atoms with Crippen molar-refractivity contribution in [2.45, 2.75) is 39.2 Å². The summed E-state index contributed by atoms with van der Waals surface area (Å²) >= 11 is 0. The predicted octanol–water partition coefficient (Wildman–Crippen LogP) is 3.03. The van der Waals surface area contributed by atoms with Gasteiger partial charge in [0.2, 0.25) is 0 Å². The minimum atomic E-state index is 0.447. The van der Waals surface area contributed by atoms with E-state index in [0.29, 0.717) is 6.04 Å².